The lowest BCUT2D eigenvalue weighted by Crippen LogP contribution is -2.26. The number of aromatic nitrogens is 3. The zero-order valence-electron chi connectivity index (χ0n) is 13.6. The summed E-state index contributed by atoms with van der Waals surface area (Å²) in [6.45, 7) is 3.88. The third-order valence-electron chi connectivity index (χ3n) is 3.44. The highest BCUT2D eigenvalue weighted by molar-refractivity contribution is 7.99. The first-order valence-electron chi connectivity index (χ1n) is 7.68. The number of nitrogens with zero attached hydrogens (tertiary/aromatic N) is 3. The molecule has 0 bridgehead atoms. The van der Waals surface area contributed by atoms with Crippen LogP contribution in [-0.2, 0) is 6.54 Å². The predicted octanol–water partition coefficient (Wildman–Crippen LogP) is 2.70. The van der Waals surface area contributed by atoms with Crippen LogP contribution in [0.4, 0.5) is 0 Å². The second kappa shape index (κ2) is 6.75. The summed E-state index contributed by atoms with van der Waals surface area (Å²) in [6.07, 6.45) is 3.45. The van der Waals surface area contributed by atoms with E-state index in [1.807, 2.05) is 30.3 Å². The fourth-order valence-corrected chi connectivity index (χ4v) is 3.26. The van der Waals surface area contributed by atoms with Gasteiger partial charge in [-0.1, -0.05) is 30.0 Å². The molecule has 24 heavy (non-hydrogen) atoms. The van der Waals surface area contributed by atoms with Crippen LogP contribution in [0.5, 0.6) is 0 Å². The molecule has 0 atom stereocenters. The maximum Gasteiger partial charge on any atom is 0.262 e. The number of aliphatic hydroxyl groups is 1. The van der Waals surface area contributed by atoms with Crippen molar-refractivity contribution in [2.45, 2.75) is 31.1 Å². The van der Waals surface area contributed by atoms with Crippen molar-refractivity contribution < 1.29 is 5.11 Å². The van der Waals surface area contributed by atoms with Gasteiger partial charge in [0, 0.05) is 18.1 Å². The van der Waals surface area contributed by atoms with E-state index in [9.17, 15) is 9.90 Å². The maximum atomic E-state index is 12.9. The van der Waals surface area contributed by atoms with E-state index in [0.29, 0.717) is 28.4 Å². The van der Waals surface area contributed by atoms with Crippen molar-refractivity contribution in [2.75, 3.05) is 5.75 Å². The molecule has 0 aliphatic carbocycles. The molecule has 0 amide bonds. The van der Waals surface area contributed by atoms with E-state index in [-0.39, 0.29) is 5.56 Å². The Labute approximate surface area is 144 Å². The van der Waals surface area contributed by atoms with E-state index in [1.54, 1.807) is 36.9 Å². The Morgan fingerprint density at radius 3 is 2.71 bits per heavy atom. The van der Waals surface area contributed by atoms with Gasteiger partial charge in [-0.05, 0) is 37.6 Å². The largest absolute Gasteiger partial charge is 0.390 e. The summed E-state index contributed by atoms with van der Waals surface area (Å²) in [4.78, 5) is 21.6. The molecule has 1 aromatic carbocycles. The molecule has 0 aliphatic heterocycles. The van der Waals surface area contributed by atoms with Crippen molar-refractivity contribution in [3.05, 3.63) is 64.7 Å². The van der Waals surface area contributed by atoms with Gasteiger partial charge in [0.25, 0.3) is 5.56 Å². The highest BCUT2D eigenvalue weighted by atomic mass is 32.2. The van der Waals surface area contributed by atoms with Gasteiger partial charge < -0.3 is 5.11 Å². The molecular formula is C18H19N3O2S. The van der Waals surface area contributed by atoms with Gasteiger partial charge in [0.05, 0.1) is 23.0 Å². The zero-order valence-corrected chi connectivity index (χ0v) is 14.5. The first-order valence-corrected chi connectivity index (χ1v) is 8.66. The lowest BCUT2D eigenvalue weighted by molar-refractivity contribution is 0.107. The maximum absolute atomic E-state index is 12.9. The van der Waals surface area contributed by atoms with Crippen LogP contribution in [0.1, 0.15) is 19.4 Å². The minimum absolute atomic E-state index is 0.0808. The number of benzene rings is 1. The van der Waals surface area contributed by atoms with Crippen LogP contribution in [0, 0.1) is 0 Å². The molecule has 3 rings (SSSR count). The summed E-state index contributed by atoms with van der Waals surface area (Å²) in [6, 6.07) is 11.1. The van der Waals surface area contributed by atoms with Crippen LogP contribution in [0.15, 0.2) is 58.7 Å². The van der Waals surface area contributed by atoms with Gasteiger partial charge in [0.15, 0.2) is 5.16 Å². The Morgan fingerprint density at radius 1 is 1.21 bits per heavy atom. The van der Waals surface area contributed by atoms with E-state index >= 15 is 0 Å². The topological polar surface area (TPSA) is 68.0 Å². The van der Waals surface area contributed by atoms with Gasteiger partial charge in [-0.3, -0.25) is 14.3 Å². The first-order chi connectivity index (χ1) is 11.4. The molecule has 0 radical (unpaired) electrons. The molecule has 0 aliphatic rings. The first kappa shape index (κ1) is 16.7. The number of fused-ring (bicyclic) bond motifs is 1. The lowest BCUT2D eigenvalue weighted by atomic mass is 10.2. The quantitative estimate of drug-likeness (QED) is 0.571. The van der Waals surface area contributed by atoms with E-state index < -0.39 is 5.60 Å². The molecule has 0 saturated heterocycles. The van der Waals surface area contributed by atoms with Gasteiger partial charge in [-0.2, -0.15) is 0 Å². The number of hydrogen-bond donors (Lipinski definition) is 1. The second-order valence-corrected chi connectivity index (χ2v) is 7.21. The number of thioether (sulfide) groups is 1. The number of para-hydroxylation sites is 1. The minimum atomic E-state index is -0.840. The monoisotopic (exact) mass is 341 g/mol. The van der Waals surface area contributed by atoms with Gasteiger partial charge in [-0.15, -0.1) is 0 Å². The Kier molecular flexibility index (Phi) is 4.69. The van der Waals surface area contributed by atoms with Crippen LogP contribution in [0.25, 0.3) is 10.9 Å². The van der Waals surface area contributed by atoms with Crippen LogP contribution in [0.3, 0.4) is 0 Å². The third kappa shape index (κ3) is 3.83. The van der Waals surface area contributed by atoms with Crippen LogP contribution < -0.4 is 5.56 Å². The smallest absolute Gasteiger partial charge is 0.262 e. The minimum Gasteiger partial charge on any atom is -0.390 e. The molecule has 5 nitrogen and oxygen atoms in total. The van der Waals surface area contributed by atoms with Crippen molar-refractivity contribution in [2.24, 2.45) is 0 Å². The van der Waals surface area contributed by atoms with Crippen molar-refractivity contribution in [1.82, 2.24) is 14.5 Å². The third-order valence-corrected chi connectivity index (χ3v) is 4.87. The van der Waals surface area contributed by atoms with E-state index in [2.05, 4.69) is 9.97 Å². The summed E-state index contributed by atoms with van der Waals surface area (Å²) in [5.41, 5.74) is 0.681. The van der Waals surface area contributed by atoms with Gasteiger partial charge in [0.1, 0.15) is 0 Å². The van der Waals surface area contributed by atoms with Crippen LogP contribution in [-0.4, -0.2) is 31.0 Å². The van der Waals surface area contributed by atoms with E-state index in [0.717, 1.165) is 5.56 Å². The average molecular weight is 341 g/mol. The van der Waals surface area contributed by atoms with E-state index in [4.69, 9.17) is 0 Å². The Hall–Kier alpha value is -2.18. The normalized spacial score (nSPS) is 11.8. The summed E-state index contributed by atoms with van der Waals surface area (Å²) in [7, 11) is 0. The molecule has 6 heteroatoms. The van der Waals surface area contributed by atoms with Crippen LogP contribution in [0.2, 0.25) is 0 Å². The molecule has 0 spiro atoms. The van der Waals surface area contributed by atoms with Gasteiger partial charge >= 0.3 is 0 Å². The van der Waals surface area contributed by atoms with Crippen molar-refractivity contribution in [3.63, 3.8) is 0 Å². The van der Waals surface area contributed by atoms with Crippen molar-refractivity contribution in [1.29, 1.82) is 0 Å². The standard InChI is InChI=1S/C18H19N3O2S/c1-18(2,23)12-24-17-20-15-8-4-3-7-14(15)16(22)21(17)11-13-6-5-9-19-10-13/h3-10,23H,11-12H2,1-2H3. The van der Waals surface area contributed by atoms with Crippen molar-refractivity contribution in [3.8, 4) is 0 Å². The second-order valence-electron chi connectivity index (χ2n) is 6.27. The Balaban J connectivity index is 2.09. The molecule has 124 valence electrons. The number of pyridine rings is 1. The Morgan fingerprint density at radius 2 is 2.00 bits per heavy atom. The summed E-state index contributed by atoms with van der Waals surface area (Å²) in [5.74, 6) is 0.449. The fourth-order valence-electron chi connectivity index (χ4n) is 2.31. The zero-order chi connectivity index (χ0) is 17.2. The number of hydrogen-bond acceptors (Lipinski definition) is 5. The summed E-state index contributed by atoms with van der Waals surface area (Å²) in [5, 5.41) is 11.2. The molecule has 1 N–H and O–H groups in total. The number of rotatable bonds is 5. The molecule has 0 saturated carbocycles. The summed E-state index contributed by atoms with van der Waals surface area (Å²) >= 11 is 1.38. The summed E-state index contributed by atoms with van der Waals surface area (Å²) < 4.78 is 1.65. The Bertz CT molecular complexity index is 902. The SMILES string of the molecule is CC(C)(O)CSc1nc2ccccc2c(=O)n1Cc1cccnc1. The molecule has 2 aromatic heterocycles. The fraction of sp³-hybridized carbons (Fsp3) is 0.278. The lowest BCUT2D eigenvalue weighted by Gasteiger charge is -2.18. The molecule has 3 aromatic rings. The van der Waals surface area contributed by atoms with Crippen molar-refractivity contribution >= 4 is 22.7 Å². The van der Waals surface area contributed by atoms with Crippen LogP contribution >= 0.6 is 11.8 Å². The molecular weight excluding hydrogens is 322 g/mol. The molecule has 0 fully saturated rings. The molecule has 2 heterocycles. The van der Waals surface area contributed by atoms with Gasteiger partial charge in [0.2, 0.25) is 0 Å². The molecule has 0 unspecified atom stereocenters. The van der Waals surface area contributed by atoms with E-state index in [1.165, 1.54) is 11.8 Å². The average Bonchev–Trinajstić information content (AvgIpc) is 2.56. The highest BCUT2D eigenvalue weighted by Crippen LogP contribution is 2.22. The highest BCUT2D eigenvalue weighted by Gasteiger charge is 2.17. The van der Waals surface area contributed by atoms with Gasteiger partial charge in [-0.25, -0.2) is 4.98 Å². The predicted molar refractivity (Wildman–Crippen MR) is 96.4 cm³/mol.